The molecule has 2 aromatic heterocycles. The summed E-state index contributed by atoms with van der Waals surface area (Å²) in [7, 11) is 0. The minimum Gasteiger partial charge on any atom is -0.355 e. The predicted molar refractivity (Wildman–Crippen MR) is 120 cm³/mol. The number of carbonyl (C=O) groups is 2. The van der Waals surface area contributed by atoms with Crippen LogP contribution in [0.25, 0.3) is 22.8 Å². The van der Waals surface area contributed by atoms with Gasteiger partial charge in [0.1, 0.15) is 11.5 Å². The lowest BCUT2D eigenvalue weighted by atomic mass is 10.2. The van der Waals surface area contributed by atoms with Crippen molar-refractivity contribution in [2.75, 3.05) is 5.32 Å². The van der Waals surface area contributed by atoms with E-state index in [1.807, 2.05) is 47.2 Å². The number of halogens is 1. The fourth-order valence-electron chi connectivity index (χ4n) is 3.35. The molecule has 2 aromatic carbocycles. The van der Waals surface area contributed by atoms with E-state index in [9.17, 15) is 14.0 Å². The summed E-state index contributed by atoms with van der Waals surface area (Å²) in [6, 6.07) is 17.6. The van der Waals surface area contributed by atoms with Crippen molar-refractivity contribution in [1.82, 2.24) is 14.9 Å². The maximum atomic E-state index is 13.2. The Kier molecular flexibility index (Phi) is 4.76. The number of thioether (sulfide) groups is 1. The van der Waals surface area contributed by atoms with E-state index < -0.39 is 0 Å². The van der Waals surface area contributed by atoms with Crippen LogP contribution in [0.5, 0.6) is 0 Å². The molecule has 8 heteroatoms. The zero-order chi connectivity index (χ0) is 21.4. The molecule has 0 radical (unpaired) electrons. The highest BCUT2D eigenvalue weighted by Gasteiger charge is 2.24. The van der Waals surface area contributed by atoms with Gasteiger partial charge in [-0.1, -0.05) is 12.1 Å². The molecule has 4 aromatic rings. The third-order valence-corrected chi connectivity index (χ3v) is 5.63. The van der Waals surface area contributed by atoms with Gasteiger partial charge in [0.25, 0.3) is 11.1 Å². The molecule has 0 spiro atoms. The molecule has 0 bridgehead atoms. The molecule has 0 unspecified atom stereocenters. The lowest BCUT2D eigenvalue weighted by Gasteiger charge is -2.09. The first-order valence-corrected chi connectivity index (χ1v) is 10.2. The predicted octanol–water partition coefficient (Wildman–Crippen LogP) is 5.23. The van der Waals surface area contributed by atoms with Gasteiger partial charge >= 0.3 is 0 Å². The fraction of sp³-hybridized carbons (Fsp3) is 0. The van der Waals surface area contributed by atoms with E-state index in [1.54, 1.807) is 24.4 Å². The maximum Gasteiger partial charge on any atom is 0.290 e. The summed E-state index contributed by atoms with van der Waals surface area (Å²) in [5.74, 6) is -0.657. The first-order chi connectivity index (χ1) is 15.1. The van der Waals surface area contributed by atoms with Gasteiger partial charge in [0.2, 0.25) is 0 Å². The number of nitrogens with one attached hydrogen (secondary N) is 2. The first-order valence-electron chi connectivity index (χ1n) is 9.41. The molecule has 2 N–H and O–H groups in total. The van der Waals surface area contributed by atoms with Gasteiger partial charge in [-0.05, 0) is 71.9 Å². The van der Waals surface area contributed by atoms with Crippen LogP contribution >= 0.6 is 11.8 Å². The van der Waals surface area contributed by atoms with Crippen molar-refractivity contribution in [2.45, 2.75) is 0 Å². The van der Waals surface area contributed by atoms with Crippen molar-refractivity contribution in [3.63, 3.8) is 0 Å². The monoisotopic (exact) mass is 430 g/mol. The van der Waals surface area contributed by atoms with Crippen molar-refractivity contribution < 1.29 is 14.0 Å². The molecule has 1 fully saturated rings. The topological polar surface area (TPSA) is 76.0 Å². The lowest BCUT2D eigenvalue weighted by molar-refractivity contribution is -0.115. The van der Waals surface area contributed by atoms with Crippen molar-refractivity contribution in [1.29, 1.82) is 0 Å². The number of pyridine rings is 1. The summed E-state index contributed by atoms with van der Waals surface area (Å²) in [5, 5.41) is 6.11. The first kappa shape index (κ1) is 19.1. The summed E-state index contributed by atoms with van der Waals surface area (Å²) in [5.41, 5.74) is 4.15. The average molecular weight is 430 g/mol. The number of hydrogen-bond acceptors (Lipinski definition) is 5. The van der Waals surface area contributed by atoms with E-state index >= 15 is 0 Å². The quantitative estimate of drug-likeness (QED) is 0.434. The second-order valence-corrected chi connectivity index (χ2v) is 7.87. The second kappa shape index (κ2) is 7.73. The average Bonchev–Trinajstić information content (AvgIpc) is 3.34. The number of carbonyl (C=O) groups excluding carboxylic acids is 2. The third kappa shape index (κ3) is 3.80. The third-order valence-electron chi connectivity index (χ3n) is 4.82. The lowest BCUT2D eigenvalue weighted by Crippen LogP contribution is -2.17. The van der Waals surface area contributed by atoms with Gasteiger partial charge in [-0.3, -0.25) is 14.9 Å². The van der Waals surface area contributed by atoms with E-state index in [-0.39, 0.29) is 17.0 Å². The normalized spacial score (nSPS) is 14.9. The van der Waals surface area contributed by atoms with Crippen molar-refractivity contribution >= 4 is 51.4 Å². The van der Waals surface area contributed by atoms with Crippen LogP contribution in [0.15, 0.2) is 78.0 Å². The van der Waals surface area contributed by atoms with Crippen LogP contribution in [-0.2, 0) is 4.79 Å². The molecule has 0 atom stereocenters. The van der Waals surface area contributed by atoms with Gasteiger partial charge in [0, 0.05) is 29.2 Å². The zero-order valence-corrected chi connectivity index (χ0v) is 16.8. The molecule has 1 aliphatic rings. The van der Waals surface area contributed by atoms with E-state index in [1.165, 1.54) is 12.1 Å². The second-order valence-electron chi connectivity index (χ2n) is 6.86. The molecule has 2 amide bonds. The van der Waals surface area contributed by atoms with Gasteiger partial charge in [-0.25, -0.2) is 9.37 Å². The van der Waals surface area contributed by atoms with Crippen LogP contribution < -0.4 is 10.6 Å². The largest absolute Gasteiger partial charge is 0.355 e. The number of fused-ring (bicyclic) bond motifs is 1. The Labute approximate surface area is 180 Å². The van der Waals surface area contributed by atoms with E-state index in [2.05, 4.69) is 15.6 Å². The molecular formula is C23H15FN4O2S. The summed E-state index contributed by atoms with van der Waals surface area (Å²) < 4.78 is 15.1. The minimum atomic E-state index is -0.374. The zero-order valence-electron chi connectivity index (χ0n) is 16.0. The minimum absolute atomic E-state index is 0.283. The molecule has 152 valence electrons. The number of aromatic nitrogens is 2. The Bertz CT molecular complexity index is 1340. The molecule has 31 heavy (non-hydrogen) atoms. The summed E-state index contributed by atoms with van der Waals surface area (Å²) in [6.45, 7) is 0. The van der Waals surface area contributed by atoms with Gasteiger partial charge in [0.05, 0.1) is 10.6 Å². The Morgan fingerprint density at radius 2 is 1.77 bits per heavy atom. The van der Waals surface area contributed by atoms with Crippen LogP contribution in [-0.4, -0.2) is 20.7 Å². The highest BCUT2D eigenvalue weighted by Crippen LogP contribution is 2.29. The number of amides is 2. The van der Waals surface area contributed by atoms with E-state index in [4.69, 9.17) is 0 Å². The van der Waals surface area contributed by atoms with Crippen LogP contribution in [0.4, 0.5) is 20.6 Å². The molecule has 5 rings (SSSR count). The molecule has 0 aliphatic carbocycles. The summed E-state index contributed by atoms with van der Waals surface area (Å²) in [4.78, 5) is 27.9. The number of benzene rings is 2. The summed E-state index contributed by atoms with van der Waals surface area (Å²) in [6.07, 6.45) is 5.34. The SMILES string of the molecule is O=C1NC(=O)C(=Cc2ccc(-n3ccc4c(Nc5ccc(F)cc5)ccnc43)cc2)S1. The number of rotatable bonds is 4. The maximum absolute atomic E-state index is 13.2. The van der Waals surface area contributed by atoms with E-state index in [0.717, 1.165) is 45.4 Å². The fourth-order valence-corrected chi connectivity index (χ4v) is 4.03. The van der Waals surface area contributed by atoms with Gasteiger partial charge in [0.15, 0.2) is 0 Å². The van der Waals surface area contributed by atoms with Crippen LogP contribution in [0.3, 0.4) is 0 Å². The van der Waals surface area contributed by atoms with Crippen molar-refractivity contribution in [2.24, 2.45) is 0 Å². The Balaban J connectivity index is 1.44. The van der Waals surface area contributed by atoms with Crippen LogP contribution in [0.2, 0.25) is 0 Å². The van der Waals surface area contributed by atoms with Crippen molar-refractivity contribution in [3.05, 3.63) is 89.3 Å². The Morgan fingerprint density at radius 1 is 1.00 bits per heavy atom. The summed E-state index contributed by atoms with van der Waals surface area (Å²) >= 11 is 0.894. The van der Waals surface area contributed by atoms with Gasteiger partial charge in [-0.15, -0.1) is 0 Å². The Hall–Kier alpha value is -3.91. The number of nitrogens with zero attached hydrogens (tertiary/aromatic N) is 2. The number of imide groups is 1. The highest BCUT2D eigenvalue weighted by atomic mass is 32.2. The number of hydrogen-bond donors (Lipinski definition) is 2. The van der Waals surface area contributed by atoms with Crippen LogP contribution in [0.1, 0.15) is 5.56 Å². The van der Waals surface area contributed by atoms with Gasteiger partial charge < -0.3 is 9.88 Å². The smallest absolute Gasteiger partial charge is 0.290 e. The number of anilines is 2. The molecule has 1 saturated heterocycles. The molecular weight excluding hydrogens is 415 g/mol. The highest BCUT2D eigenvalue weighted by molar-refractivity contribution is 8.18. The van der Waals surface area contributed by atoms with Crippen molar-refractivity contribution in [3.8, 4) is 5.69 Å². The molecule has 6 nitrogen and oxygen atoms in total. The van der Waals surface area contributed by atoms with E-state index in [0.29, 0.717) is 4.91 Å². The van der Waals surface area contributed by atoms with Crippen LogP contribution in [0, 0.1) is 5.82 Å². The molecule has 0 saturated carbocycles. The van der Waals surface area contributed by atoms with Gasteiger partial charge in [-0.2, -0.15) is 0 Å². The Morgan fingerprint density at radius 3 is 2.48 bits per heavy atom. The molecule has 3 heterocycles. The molecule has 1 aliphatic heterocycles. The standard InChI is InChI=1S/C23H15FN4O2S/c24-15-3-5-16(6-4-15)26-19-9-11-25-21-18(19)10-12-28(21)17-7-1-14(2-8-17)13-20-22(29)27-23(30)31-20/h1-13H,(H,25,26)(H,27,29,30).